The Bertz CT molecular complexity index is 237. The van der Waals surface area contributed by atoms with Crippen LogP contribution >= 0.6 is 0 Å². The van der Waals surface area contributed by atoms with Crippen LogP contribution in [-0.4, -0.2) is 54.2 Å². The maximum Gasteiger partial charge on any atom is 0.214 e. The van der Waals surface area contributed by atoms with E-state index in [2.05, 4.69) is 4.72 Å². The fourth-order valence-electron chi connectivity index (χ4n) is 1.08. The molecule has 15 heavy (non-hydrogen) atoms. The molecule has 1 unspecified atom stereocenters. The Morgan fingerprint density at radius 2 is 2.00 bits per heavy atom. The van der Waals surface area contributed by atoms with Gasteiger partial charge in [-0.25, -0.2) is 13.1 Å². The van der Waals surface area contributed by atoms with Gasteiger partial charge in [-0.3, -0.25) is 0 Å². The van der Waals surface area contributed by atoms with E-state index >= 15 is 0 Å². The smallest absolute Gasteiger partial charge is 0.214 e. The number of nitrogens with one attached hydrogen (secondary N) is 1. The lowest BCUT2D eigenvalue weighted by Gasteiger charge is -2.16. The molecule has 0 aliphatic carbocycles. The van der Waals surface area contributed by atoms with Crippen LogP contribution in [0.25, 0.3) is 0 Å². The number of rotatable bonds is 9. The second kappa shape index (κ2) is 8.00. The van der Waals surface area contributed by atoms with Gasteiger partial charge in [0.25, 0.3) is 0 Å². The predicted molar refractivity (Wildman–Crippen MR) is 58.1 cm³/mol. The summed E-state index contributed by atoms with van der Waals surface area (Å²) in [6.45, 7) is 0.919. The highest BCUT2D eigenvalue weighted by Crippen LogP contribution is 1.95. The van der Waals surface area contributed by atoms with E-state index in [0.717, 1.165) is 0 Å². The van der Waals surface area contributed by atoms with Crippen LogP contribution in [0.15, 0.2) is 0 Å². The van der Waals surface area contributed by atoms with Gasteiger partial charge in [0.05, 0.1) is 19.0 Å². The van der Waals surface area contributed by atoms with Crippen molar-refractivity contribution in [3.05, 3.63) is 0 Å². The summed E-state index contributed by atoms with van der Waals surface area (Å²) in [4.78, 5) is 0. The first-order chi connectivity index (χ1) is 7.05. The summed E-state index contributed by atoms with van der Waals surface area (Å²) in [5.74, 6) is -0.0473. The third kappa shape index (κ3) is 7.69. The summed E-state index contributed by atoms with van der Waals surface area (Å²) in [6.07, 6.45) is 0.556. The molecule has 0 aromatic rings. The van der Waals surface area contributed by atoms with Crippen molar-refractivity contribution >= 4 is 10.0 Å². The van der Waals surface area contributed by atoms with Crippen molar-refractivity contribution in [1.29, 1.82) is 0 Å². The lowest BCUT2D eigenvalue weighted by Crippen LogP contribution is -2.41. The Hall–Kier alpha value is -0.210. The minimum Gasteiger partial charge on any atom is -0.384 e. The van der Waals surface area contributed by atoms with Crippen LogP contribution in [0.3, 0.4) is 0 Å². The minimum atomic E-state index is -3.30. The van der Waals surface area contributed by atoms with Crippen LogP contribution < -0.4 is 10.5 Å². The molecule has 0 aromatic carbocycles. The zero-order valence-corrected chi connectivity index (χ0v) is 10.0. The van der Waals surface area contributed by atoms with Gasteiger partial charge in [0.1, 0.15) is 0 Å². The van der Waals surface area contributed by atoms with Crippen LogP contribution in [0.2, 0.25) is 0 Å². The molecule has 0 saturated heterocycles. The minimum absolute atomic E-state index is 0.0473. The Morgan fingerprint density at radius 3 is 2.47 bits per heavy atom. The number of sulfonamides is 1. The number of ether oxygens (including phenoxy) is 2. The molecule has 0 radical (unpaired) electrons. The van der Waals surface area contributed by atoms with E-state index in [1.165, 1.54) is 14.2 Å². The lowest BCUT2D eigenvalue weighted by molar-refractivity contribution is 0.171. The molecule has 0 aliphatic rings. The second-order valence-electron chi connectivity index (χ2n) is 3.16. The largest absolute Gasteiger partial charge is 0.384 e. The van der Waals surface area contributed by atoms with Crippen molar-refractivity contribution in [2.45, 2.75) is 12.5 Å². The number of hydrogen-bond acceptors (Lipinski definition) is 5. The summed E-state index contributed by atoms with van der Waals surface area (Å²) < 4.78 is 35.0. The fraction of sp³-hybridized carbons (Fsp3) is 1.00. The molecule has 0 heterocycles. The first kappa shape index (κ1) is 14.8. The summed E-state index contributed by atoms with van der Waals surface area (Å²) in [5, 5.41) is 0. The van der Waals surface area contributed by atoms with Gasteiger partial charge < -0.3 is 15.2 Å². The van der Waals surface area contributed by atoms with Crippen LogP contribution in [0.4, 0.5) is 0 Å². The second-order valence-corrected chi connectivity index (χ2v) is 5.03. The van der Waals surface area contributed by atoms with E-state index in [-0.39, 0.29) is 18.4 Å². The standard InChI is InChI=1S/C8H20N2O4S/c1-13-5-6-15(11,12)10-8(3-4-9)7-14-2/h8,10H,3-7,9H2,1-2H3. The maximum absolute atomic E-state index is 11.5. The van der Waals surface area contributed by atoms with Crippen molar-refractivity contribution in [3.8, 4) is 0 Å². The van der Waals surface area contributed by atoms with Crippen molar-refractivity contribution in [3.63, 3.8) is 0 Å². The molecule has 1 atom stereocenters. The van der Waals surface area contributed by atoms with E-state index in [9.17, 15) is 8.42 Å². The molecular formula is C8H20N2O4S. The van der Waals surface area contributed by atoms with Crippen molar-refractivity contribution in [2.24, 2.45) is 5.73 Å². The van der Waals surface area contributed by atoms with E-state index in [4.69, 9.17) is 15.2 Å². The van der Waals surface area contributed by atoms with E-state index in [1.807, 2.05) is 0 Å². The number of methoxy groups -OCH3 is 2. The maximum atomic E-state index is 11.5. The average Bonchev–Trinajstić information content (AvgIpc) is 2.15. The van der Waals surface area contributed by atoms with Crippen LogP contribution in [0, 0.1) is 0 Å². The molecule has 92 valence electrons. The summed E-state index contributed by atoms with van der Waals surface area (Å²) in [7, 11) is -0.317. The van der Waals surface area contributed by atoms with Crippen molar-refractivity contribution < 1.29 is 17.9 Å². The zero-order valence-electron chi connectivity index (χ0n) is 9.23. The topological polar surface area (TPSA) is 90.7 Å². The highest BCUT2D eigenvalue weighted by molar-refractivity contribution is 7.89. The number of nitrogens with two attached hydrogens (primary N) is 1. The Balaban J connectivity index is 4.12. The molecule has 0 saturated carbocycles. The van der Waals surface area contributed by atoms with E-state index in [1.54, 1.807) is 0 Å². The SMILES string of the molecule is COCCS(=O)(=O)NC(CCN)COC. The van der Waals surface area contributed by atoms with Gasteiger partial charge in [0.15, 0.2) is 0 Å². The monoisotopic (exact) mass is 240 g/mol. The van der Waals surface area contributed by atoms with Gasteiger partial charge in [-0.05, 0) is 13.0 Å². The highest BCUT2D eigenvalue weighted by atomic mass is 32.2. The molecular weight excluding hydrogens is 220 g/mol. The summed E-state index contributed by atoms with van der Waals surface area (Å²) in [6, 6.07) is -0.262. The van der Waals surface area contributed by atoms with Gasteiger partial charge in [-0.15, -0.1) is 0 Å². The third-order valence-electron chi connectivity index (χ3n) is 1.79. The Labute approximate surface area is 91.2 Å². The first-order valence-corrected chi connectivity index (χ1v) is 6.39. The van der Waals surface area contributed by atoms with Crippen LogP contribution in [0.1, 0.15) is 6.42 Å². The van der Waals surface area contributed by atoms with Gasteiger partial charge in [-0.1, -0.05) is 0 Å². The normalized spacial score (nSPS) is 14.1. The molecule has 3 N–H and O–H groups in total. The molecule has 0 aliphatic heterocycles. The predicted octanol–water partition coefficient (Wildman–Crippen LogP) is -1.08. The molecule has 0 bridgehead atoms. The summed E-state index contributed by atoms with van der Waals surface area (Å²) >= 11 is 0. The van der Waals surface area contributed by atoms with E-state index in [0.29, 0.717) is 19.6 Å². The zero-order chi connectivity index (χ0) is 11.7. The summed E-state index contributed by atoms with van der Waals surface area (Å²) in [5.41, 5.74) is 5.36. The third-order valence-corrected chi connectivity index (χ3v) is 3.18. The highest BCUT2D eigenvalue weighted by Gasteiger charge is 2.16. The van der Waals surface area contributed by atoms with Crippen molar-refractivity contribution in [1.82, 2.24) is 4.72 Å². The molecule has 6 nitrogen and oxygen atoms in total. The average molecular weight is 240 g/mol. The molecule has 7 heteroatoms. The number of hydrogen-bond donors (Lipinski definition) is 2. The van der Waals surface area contributed by atoms with Crippen molar-refractivity contribution in [2.75, 3.05) is 39.7 Å². The first-order valence-electron chi connectivity index (χ1n) is 4.73. The molecule has 0 spiro atoms. The quantitative estimate of drug-likeness (QED) is 0.535. The lowest BCUT2D eigenvalue weighted by atomic mass is 10.2. The van der Waals surface area contributed by atoms with Crippen LogP contribution in [0.5, 0.6) is 0 Å². The van der Waals surface area contributed by atoms with E-state index < -0.39 is 10.0 Å². The molecule has 0 rings (SSSR count). The van der Waals surface area contributed by atoms with Gasteiger partial charge in [-0.2, -0.15) is 0 Å². The fourth-order valence-corrected chi connectivity index (χ4v) is 2.28. The van der Waals surface area contributed by atoms with Gasteiger partial charge >= 0.3 is 0 Å². The Kier molecular flexibility index (Phi) is 7.89. The molecule has 0 fully saturated rings. The van der Waals surface area contributed by atoms with Gasteiger partial charge in [0.2, 0.25) is 10.0 Å². The Morgan fingerprint density at radius 1 is 1.33 bits per heavy atom. The molecule has 0 aromatic heterocycles. The molecule has 0 amide bonds. The van der Waals surface area contributed by atoms with Crippen LogP contribution in [-0.2, 0) is 19.5 Å². The van der Waals surface area contributed by atoms with Gasteiger partial charge in [0, 0.05) is 20.3 Å².